The number of hydrazone groups is 1. The maximum Gasteiger partial charge on any atom is 0.329 e. The van der Waals surface area contributed by atoms with Crippen molar-refractivity contribution in [2.45, 2.75) is 19.9 Å². The highest BCUT2D eigenvalue weighted by atomic mass is 19.1. The summed E-state index contributed by atoms with van der Waals surface area (Å²) in [6.07, 6.45) is 1.30. The van der Waals surface area contributed by atoms with Crippen molar-refractivity contribution in [1.29, 1.82) is 0 Å². The number of carbonyl (C=O) groups excluding carboxylic acids is 3. The fourth-order valence-electron chi connectivity index (χ4n) is 2.13. The zero-order valence-corrected chi connectivity index (χ0v) is 15.9. The first kappa shape index (κ1) is 21.5. The zero-order chi connectivity index (χ0) is 21.2. The number of para-hydroxylation sites is 1. The Morgan fingerprint density at radius 1 is 1.07 bits per heavy atom. The Hall–Kier alpha value is -3.75. The van der Waals surface area contributed by atoms with Gasteiger partial charge < -0.3 is 15.4 Å². The highest BCUT2D eigenvalue weighted by Gasteiger charge is 2.13. The Kier molecular flexibility index (Phi) is 7.84. The van der Waals surface area contributed by atoms with Gasteiger partial charge in [0.25, 0.3) is 5.91 Å². The summed E-state index contributed by atoms with van der Waals surface area (Å²) in [6.45, 7) is 3.17. The van der Waals surface area contributed by atoms with E-state index < -0.39 is 23.5 Å². The first-order chi connectivity index (χ1) is 13.8. The van der Waals surface area contributed by atoms with Crippen LogP contribution in [0.1, 0.15) is 19.4 Å². The van der Waals surface area contributed by atoms with Gasteiger partial charge in [-0.2, -0.15) is 5.10 Å². The molecular formula is C20H21FN4O4. The van der Waals surface area contributed by atoms with Gasteiger partial charge in [-0.15, -0.1) is 0 Å². The van der Waals surface area contributed by atoms with Crippen molar-refractivity contribution >= 4 is 29.6 Å². The Morgan fingerprint density at radius 2 is 1.76 bits per heavy atom. The van der Waals surface area contributed by atoms with Gasteiger partial charge in [0.1, 0.15) is 11.6 Å². The van der Waals surface area contributed by atoms with Crippen molar-refractivity contribution in [1.82, 2.24) is 10.7 Å². The van der Waals surface area contributed by atoms with E-state index in [4.69, 9.17) is 4.74 Å². The molecule has 0 saturated heterocycles. The van der Waals surface area contributed by atoms with Gasteiger partial charge in [-0.05, 0) is 50.2 Å². The number of halogens is 1. The summed E-state index contributed by atoms with van der Waals surface area (Å²) in [6, 6.07) is 11.9. The summed E-state index contributed by atoms with van der Waals surface area (Å²) in [7, 11) is 0. The average molecular weight is 400 g/mol. The van der Waals surface area contributed by atoms with Gasteiger partial charge in [-0.3, -0.25) is 14.4 Å². The molecule has 0 saturated carbocycles. The predicted octanol–water partition coefficient (Wildman–Crippen LogP) is 1.82. The molecule has 0 aliphatic carbocycles. The fraction of sp³-hybridized carbons (Fsp3) is 0.200. The minimum Gasteiger partial charge on any atom is -0.483 e. The molecule has 3 amide bonds. The number of nitrogens with zero attached hydrogens (tertiary/aromatic N) is 1. The highest BCUT2D eigenvalue weighted by Crippen LogP contribution is 2.16. The van der Waals surface area contributed by atoms with E-state index in [-0.39, 0.29) is 12.6 Å². The number of amides is 3. The van der Waals surface area contributed by atoms with Gasteiger partial charge in [0.2, 0.25) is 0 Å². The summed E-state index contributed by atoms with van der Waals surface area (Å²) >= 11 is 0. The third-order valence-electron chi connectivity index (χ3n) is 3.40. The lowest BCUT2D eigenvalue weighted by Gasteiger charge is -2.09. The lowest BCUT2D eigenvalue weighted by Crippen LogP contribution is -2.41. The molecule has 0 aliphatic heterocycles. The molecule has 0 heterocycles. The van der Waals surface area contributed by atoms with Crippen molar-refractivity contribution < 1.29 is 23.5 Å². The summed E-state index contributed by atoms with van der Waals surface area (Å²) < 4.78 is 18.4. The van der Waals surface area contributed by atoms with Gasteiger partial charge in [-0.25, -0.2) is 9.82 Å². The Morgan fingerprint density at radius 3 is 2.45 bits per heavy atom. The third-order valence-corrected chi connectivity index (χ3v) is 3.40. The van der Waals surface area contributed by atoms with Crippen molar-refractivity contribution in [2.75, 3.05) is 11.9 Å². The first-order valence-electron chi connectivity index (χ1n) is 8.76. The number of rotatable bonds is 7. The summed E-state index contributed by atoms with van der Waals surface area (Å²) in [5.41, 5.74) is 3.05. The van der Waals surface area contributed by atoms with Crippen LogP contribution in [-0.2, 0) is 14.4 Å². The molecule has 2 rings (SSSR count). The van der Waals surface area contributed by atoms with E-state index in [2.05, 4.69) is 21.2 Å². The standard InChI is InChI=1S/C20H21FN4O4/c1-13(2)23-19(27)20(28)25-22-11-14-5-3-4-6-17(14)29-12-18(26)24-16-9-7-15(21)8-10-16/h3-11,13H,12H2,1-2H3,(H,23,27)(H,24,26)(H,25,28)/b22-11-. The van der Waals surface area contributed by atoms with Gasteiger partial charge in [0, 0.05) is 17.3 Å². The van der Waals surface area contributed by atoms with Crippen LogP contribution in [0.5, 0.6) is 5.75 Å². The van der Waals surface area contributed by atoms with Crippen molar-refractivity contribution in [3.8, 4) is 5.75 Å². The van der Waals surface area contributed by atoms with Gasteiger partial charge >= 0.3 is 11.8 Å². The van der Waals surface area contributed by atoms with E-state index in [1.165, 1.54) is 30.5 Å². The summed E-state index contributed by atoms with van der Waals surface area (Å²) in [5, 5.41) is 8.75. The minimum atomic E-state index is -0.896. The van der Waals surface area contributed by atoms with Crippen molar-refractivity contribution in [3.63, 3.8) is 0 Å². The Balaban J connectivity index is 1.90. The molecule has 152 valence electrons. The second-order valence-corrected chi connectivity index (χ2v) is 6.21. The van der Waals surface area contributed by atoms with Gasteiger partial charge in [-0.1, -0.05) is 12.1 Å². The first-order valence-corrected chi connectivity index (χ1v) is 8.76. The molecule has 0 atom stereocenters. The maximum atomic E-state index is 12.9. The van der Waals surface area contributed by atoms with E-state index in [1.54, 1.807) is 38.1 Å². The molecular weight excluding hydrogens is 379 g/mol. The predicted molar refractivity (Wildman–Crippen MR) is 106 cm³/mol. The zero-order valence-electron chi connectivity index (χ0n) is 15.9. The molecule has 0 aliphatic rings. The molecule has 0 aromatic heterocycles. The highest BCUT2D eigenvalue weighted by molar-refractivity contribution is 6.35. The van der Waals surface area contributed by atoms with E-state index in [1.807, 2.05) is 0 Å². The molecule has 0 fully saturated rings. The SMILES string of the molecule is CC(C)NC(=O)C(=O)N/N=C\c1ccccc1OCC(=O)Nc1ccc(F)cc1. The number of carbonyl (C=O) groups is 3. The lowest BCUT2D eigenvalue weighted by atomic mass is 10.2. The molecule has 3 N–H and O–H groups in total. The Bertz CT molecular complexity index is 898. The number of hydrogen-bond donors (Lipinski definition) is 3. The van der Waals surface area contributed by atoms with Gasteiger partial charge in [0.15, 0.2) is 6.61 Å². The maximum absolute atomic E-state index is 12.9. The number of nitrogens with one attached hydrogen (secondary N) is 3. The molecule has 0 spiro atoms. The van der Waals surface area contributed by atoms with Crippen LogP contribution in [0, 0.1) is 5.82 Å². The van der Waals surface area contributed by atoms with Crippen LogP contribution < -0.4 is 20.8 Å². The molecule has 0 unspecified atom stereocenters. The second-order valence-electron chi connectivity index (χ2n) is 6.21. The number of ether oxygens (including phenoxy) is 1. The molecule has 29 heavy (non-hydrogen) atoms. The normalized spacial score (nSPS) is 10.6. The molecule has 0 radical (unpaired) electrons. The van der Waals surface area contributed by atoms with Gasteiger partial charge in [0.05, 0.1) is 6.21 Å². The lowest BCUT2D eigenvalue weighted by molar-refractivity contribution is -0.139. The van der Waals surface area contributed by atoms with Crippen LogP contribution in [0.25, 0.3) is 0 Å². The molecule has 8 nitrogen and oxygen atoms in total. The smallest absolute Gasteiger partial charge is 0.329 e. The second kappa shape index (κ2) is 10.5. The largest absolute Gasteiger partial charge is 0.483 e. The Labute approximate surface area is 167 Å². The van der Waals surface area contributed by atoms with E-state index >= 15 is 0 Å². The van der Waals surface area contributed by atoms with Crippen molar-refractivity contribution in [2.24, 2.45) is 5.10 Å². The molecule has 0 bridgehead atoms. The fourth-order valence-corrected chi connectivity index (χ4v) is 2.13. The van der Waals surface area contributed by atoms with E-state index in [0.29, 0.717) is 17.0 Å². The number of hydrogen-bond acceptors (Lipinski definition) is 5. The molecule has 9 heteroatoms. The monoisotopic (exact) mass is 400 g/mol. The van der Waals surface area contributed by atoms with E-state index in [9.17, 15) is 18.8 Å². The minimum absolute atomic E-state index is 0.174. The number of anilines is 1. The summed E-state index contributed by atoms with van der Waals surface area (Å²) in [4.78, 5) is 35.1. The molecule has 2 aromatic rings. The molecule has 2 aromatic carbocycles. The van der Waals surface area contributed by atoms with Crippen LogP contribution >= 0.6 is 0 Å². The number of benzene rings is 2. The van der Waals surface area contributed by atoms with Crippen LogP contribution in [-0.4, -0.2) is 36.6 Å². The quantitative estimate of drug-likeness (QED) is 0.374. The van der Waals surface area contributed by atoms with Crippen LogP contribution in [0.2, 0.25) is 0 Å². The summed E-state index contributed by atoms with van der Waals surface area (Å²) in [5.74, 6) is -2.17. The third kappa shape index (κ3) is 7.41. The van der Waals surface area contributed by atoms with Crippen LogP contribution in [0.15, 0.2) is 53.6 Å². The van der Waals surface area contributed by atoms with E-state index in [0.717, 1.165) is 0 Å². The van der Waals surface area contributed by atoms with Crippen molar-refractivity contribution in [3.05, 3.63) is 59.9 Å². The topological polar surface area (TPSA) is 109 Å². The van der Waals surface area contributed by atoms with Crippen LogP contribution in [0.4, 0.5) is 10.1 Å². The van der Waals surface area contributed by atoms with Crippen LogP contribution in [0.3, 0.4) is 0 Å². The average Bonchev–Trinajstić information content (AvgIpc) is 2.68.